The van der Waals surface area contributed by atoms with Crippen LogP contribution in [0.2, 0.25) is 0 Å². The summed E-state index contributed by atoms with van der Waals surface area (Å²) in [6.07, 6.45) is 12.1. The Kier molecular flexibility index (Phi) is 20.4. The number of thioether (sulfide) groups is 1. The van der Waals surface area contributed by atoms with Crippen molar-refractivity contribution in [2.45, 2.75) is 102 Å². The van der Waals surface area contributed by atoms with E-state index in [0.29, 0.717) is 6.54 Å². The minimum Gasteiger partial charge on any atom is -0.307 e. The van der Waals surface area contributed by atoms with Crippen LogP contribution in [0.15, 0.2) is 35.2 Å². The summed E-state index contributed by atoms with van der Waals surface area (Å²) in [6, 6.07) is 10.6. The monoisotopic (exact) mass is 579 g/mol. The largest absolute Gasteiger partial charge is 0.359 e. The molecule has 0 amide bonds. The first-order valence-electron chi connectivity index (χ1n) is 14.1. The second-order valence-electron chi connectivity index (χ2n) is 8.78. The summed E-state index contributed by atoms with van der Waals surface area (Å²) in [5.74, 6) is 1.20. The zero-order valence-corrected chi connectivity index (χ0v) is 26.1. The van der Waals surface area contributed by atoms with Crippen LogP contribution in [0.4, 0.5) is 0 Å². The Morgan fingerprint density at radius 2 is 1.05 bits per heavy atom. The molecule has 1 rings (SSSR count). The van der Waals surface area contributed by atoms with Gasteiger partial charge in [0.1, 0.15) is 0 Å². The Bertz CT molecular complexity index is 721. The lowest BCUT2D eigenvalue weighted by molar-refractivity contribution is 0.190. The number of unbranched alkanes of at least 4 members (excludes halogenated alkanes) is 9. The number of hydrogen-bond acceptors (Lipinski definition) is 8. The first kappa shape index (κ1) is 34.9. The number of benzene rings is 1. The number of hydrogen-bond donors (Lipinski definition) is 1. The molecule has 0 aliphatic carbocycles. The van der Waals surface area contributed by atoms with E-state index in [-0.39, 0.29) is 26.4 Å². The van der Waals surface area contributed by atoms with Crippen LogP contribution in [0.3, 0.4) is 0 Å². The van der Waals surface area contributed by atoms with Gasteiger partial charge in [-0.3, -0.25) is 14.4 Å². The molecule has 0 fully saturated rings. The Labute approximate surface area is 230 Å². The van der Waals surface area contributed by atoms with Gasteiger partial charge in [-0.15, -0.1) is 11.8 Å². The highest BCUT2D eigenvalue weighted by molar-refractivity contribution is 7.99. The van der Waals surface area contributed by atoms with Gasteiger partial charge < -0.3 is 18.1 Å². The van der Waals surface area contributed by atoms with Crippen LogP contribution < -0.4 is 5.32 Å². The molecule has 0 radical (unpaired) electrons. The molecule has 0 unspecified atom stereocenters. The van der Waals surface area contributed by atoms with E-state index in [1.807, 2.05) is 11.8 Å². The van der Waals surface area contributed by atoms with E-state index in [4.69, 9.17) is 18.1 Å². The van der Waals surface area contributed by atoms with Gasteiger partial charge >= 0.3 is 15.2 Å². The topological polar surface area (TPSA) is 83.1 Å². The van der Waals surface area contributed by atoms with Gasteiger partial charge in [-0.1, -0.05) is 69.6 Å². The lowest BCUT2D eigenvalue weighted by Gasteiger charge is -2.31. The van der Waals surface area contributed by atoms with Gasteiger partial charge in [-0.2, -0.15) is 0 Å². The fraction of sp³-hybridized carbons (Fsp3) is 0.778. The summed E-state index contributed by atoms with van der Waals surface area (Å²) < 4.78 is 48.9. The highest BCUT2D eigenvalue weighted by Crippen LogP contribution is 2.69. The van der Waals surface area contributed by atoms with Crippen molar-refractivity contribution in [3.05, 3.63) is 30.3 Å². The molecule has 1 aromatic carbocycles. The van der Waals surface area contributed by atoms with Gasteiger partial charge in [0.15, 0.2) is 0 Å². The quantitative estimate of drug-likeness (QED) is 0.0698. The molecule has 0 saturated heterocycles. The smallest absolute Gasteiger partial charge is 0.307 e. The van der Waals surface area contributed by atoms with Crippen molar-refractivity contribution in [3.8, 4) is 0 Å². The summed E-state index contributed by atoms with van der Waals surface area (Å²) in [4.78, 5) is 1.36. The lowest BCUT2D eigenvalue weighted by Crippen LogP contribution is -2.33. The van der Waals surface area contributed by atoms with Gasteiger partial charge in [0.2, 0.25) is 5.52 Å². The molecule has 0 atom stereocenters. The van der Waals surface area contributed by atoms with Crippen molar-refractivity contribution in [2.75, 3.05) is 38.7 Å². The minimum atomic E-state index is -3.74. The summed E-state index contributed by atoms with van der Waals surface area (Å²) >= 11 is 1.95. The maximum atomic E-state index is 13.5. The van der Waals surface area contributed by atoms with E-state index in [1.54, 1.807) is 27.7 Å². The van der Waals surface area contributed by atoms with Crippen molar-refractivity contribution in [2.24, 2.45) is 0 Å². The normalized spacial score (nSPS) is 12.5. The minimum absolute atomic E-state index is 0.181. The van der Waals surface area contributed by atoms with Crippen LogP contribution in [0.1, 0.15) is 91.9 Å². The van der Waals surface area contributed by atoms with Crippen molar-refractivity contribution in [1.29, 1.82) is 0 Å². The average molecular weight is 580 g/mol. The Hall–Kier alpha value is -0.170. The Morgan fingerprint density at radius 1 is 0.649 bits per heavy atom. The molecule has 0 aliphatic rings. The van der Waals surface area contributed by atoms with Crippen molar-refractivity contribution in [3.63, 3.8) is 0 Å². The van der Waals surface area contributed by atoms with Gasteiger partial charge in [0.05, 0.1) is 26.4 Å². The van der Waals surface area contributed by atoms with Gasteiger partial charge in [0.25, 0.3) is 0 Å². The first-order chi connectivity index (χ1) is 18.0. The third-order valence-corrected chi connectivity index (χ3v) is 12.6. The van der Waals surface area contributed by atoms with E-state index in [1.165, 1.54) is 55.6 Å². The zero-order chi connectivity index (χ0) is 27.2. The van der Waals surface area contributed by atoms with Crippen LogP contribution in [0, 0.1) is 0 Å². The molecule has 1 N–H and O–H groups in total. The molecule has 0 saturated carbocycles. The second kappa shape index (κ2) is 21.6. The van der Waals surface area contributed by atoms with Crippen LogP contribution in [-0.4, -0.2) is 44.2 Å². The summed E-state index contributed by atoms with van der Waals surface area (Å²) in [7, 11) is -7.47. The predicted molar refractivity (Wildman–Crippen MR) is 157 cm³/mol. The van der Waals surface area contributed by atoms with E-state index in [0.717, 1.165) is 19.3 Å². The third kappa shape index (κ3) is 14.7. The SMILES string of the molecule is CCOP(=O)(OCC)C(NCCCCCCCCCCCCSc1ccccc1)P(=O)(OCC)OCC. The number of rotatable bonds is 25. The molecule has 10 heteroatoms. The van der Waals surface area contributed by atoms with Crippen LogP contribution >= 0.6 is 27.0 Å². The fourth-order valence-corrected chi connectivity index (χ4v) is 10.0. The van der Waals surface area contributed by atoms with E-state index in [9.17, 15) is 9.13 Å². The van der Waals surface area contributed by atoms with Crippen LogP contribution in [0.5, 0.6) is 0 Å². The predicted octanol–water partition coefficient (Wildman–Crippen LogP) is 9.09. The molecule has 0 spiro atoms. The molecule has 0 aliphatic heterocycles. The first-order valence-corrected chi connectivity index (χ1v) is 18.3. The number of nitrogens with one attached hydrogen (secondary N) is 1. The molecular weight excluding hydrogens is 528 g/mol. The molecule has 37 heavy (non-hydrogen) atoms. The molecule has 7 nitrogen and oxygen atoms in total. The molecule has 216 valence electrons. The van der Waals surface area contributed by atoms with Crippen LogP contribution in [-0.2, 0) is 27.2 Å². The standard InChI is InChI=1S/C27H51NO6P2S/c1-5-31-35(29,32-6-2)27(36(30,33-7-3)34-8-4)28-24-20-15-13-11-9-10-12-14-16-21-25-37-26-22-18-17-19-23-26/h17-19,22-23,27-28H,5-16,20-21,24-25H2,1-4H3. The molecule has 1 aromatic rings. The summed E-state index contributed by atoms with van der Waals surface area (Å²) in [5, 5.41) is 3.16. The maximum Gasteiger partial charge on any atom is 0.359 e. The van der Waals surface area contributed by atoms with Crippen molar-refractivity contribution in [1.82, 2.24) is 5.32 Å². The molecule has 0 heterocycles. The van der Waals surface area contributed by atoms with Crippen molar-refractivity contribution < 1.29 is 27.2 Å². The zero-order valence-electron chi connectivity index (χ0n) is 23.5. The van der Waals surface area contributed by atoms with Gasteiger partial charge in [0, 0.05) is 4.90 Å². The van der Waals surface area contributed by atoms with E-state index < -0.39 is 20.7 Å². The van der Waals surface area contributed by atoms with E-state index >= 15 is 0 Å². The molecule has 0 aromatic heterocycles. The van der Waals surface area contributed by atoms with Gasteiger partial charge in [-0.05, 0) is 65.0 Å². The molecule has 0 bridgehead atoms. The average Bonchev–Trinajstić information content (AvgIpc) is 2.87. The second-order valence-corrected chi connectivity index (χ2v) is 14.6. The third-order valence-electron chi connectivity index (χ3n) is 5.75. The Balaban J connectivity index is 2.25. The molecular formula is C27H51NO6P2S. The fourth-order valence-electron chi connectivity index (χ4n) is 4.05. The highest BCUT2D eigenvalue weighted by atomic mass is 32.2. The lowest BCUT2D eigenvalue weighted by atomic mass is 10.1. The maximum absolute atomic E-state index is 13.5. The van der Waals surface area contributed by atoms with Crippen molar-refractivity contribution >= 4 is 27.0 Å². The Morgan fingerprint density at radius 3 is 1.49 bits per heavy atom. The summed E-state index contributed by atoms with van der Waals surface area (Å²) in [6.45, 7) is 8.21. The van der Waals surface area contributed by atoms with Crippen LogP contribution in [0.25, 0.3) is 0 Å². The van der Waals surface area contributed by atoms with Gasteiger partial charge in [-0.25, -0.2) is 0 Å². The van der Waals surface area contributed by atoms with E-state index in [2.05, 4.69) is 35.6 Å². The highest BCUT2D eigenvalue weighted by Gasteiger charge is 2.50. The summed E-state index contributed by atoms with van der Waals surface area (Å²) in [5.41, 5.74) is -1.13.